The van der Waals surface area contributed by atoms with E-state index in [0.29, 0.717) is 45.3 Å². The molecule has 0 amide bonds. The number of nitrogens with one attached hydrogen (secondary N) is 1. The minimum Gasteiger partial charge on any atom is -0.493 e. The molecule has 0 saturated heterocycles. The molecule has 3 aromatic rings. The zero-order valence-corrected chi connectivity index (χ0v) is 27.0. The summed E-state index contributed by atoms with van der Waals surface area (Å²) in [5, 5.41) is 21.2. The van der Waals surface area contributed by atoms with Crippen LogP contribution in [0, 0.1) is 5.82 Å². The number of hydrogen-bond acceptors (Lipinski definition) is 8. The quantitative estimate of drug-likeness (QED) is 0.234. The molecule has 0 spiro atoms. The van der Waals surface area contributed by atoms with Crippen molar-refractivity contribution in [1.29, 1.82) is 0 Å². The van der Waals surface area contributed by atoms with Gasteiger partial charge in [0.1, 0.15) is 30.3 Å². The van der Waals surface area contributed by atoms with Crippen LogP contribution < -0.4 is 18.9 Å². The van der Waals surface area contributed by atoms with Gasteiger partial charge in [-0.3, -0.25) is 4.79 Å². The topological polar surface area (TPSA) is 127 Å². The van der Waals surface area contributed by atoms with Crippen molar-refractivity contribution in [3.05, 3.63) is 71.2 Å². The molecule has 4 rings (SSSR count). The van der Waals surface area contributed by atoms with E-state index in [2.05, 4.69) is 4.72 Å². The number of ether oxygens (including phenoxy) is 3. The summed E-state index contributed by atoms with van der Waals surface area (Å²) in [6.45, 7) is 10.9. The van der Waals surface area contributed by atoms with Crippen molar-refractivity contribution < 1.29 is 37.8 Å². The van der Waals surface area contributed by atoms with Gasteiger partial charge in [-0.2, -0.15) is 0 Å². The largest absolute Gasteiger partial charge is 0.493 e. The molecule has 4 unspecified atom stereocenters. The number of halogens is 1. The Morgan fingerprint density at radius 2 is 1.84 bits per heavy atom. The number of aromatic nitrogens is 1. The van der Waals surface area contributed by atoms with Crippen molar-refractivity contribution in [2.75, 3.05) is 20.3 Å². The van der Waals surface area contributed by atoms with Gasteiger partial charge in [-0.15, -0.1) is 0 Å². The van der Waals surface area contributed by atoms with E-state index >= 15 is 0 Å². The van der Waals surface area contributed by atoms with Crippen molar-refractivity contribution in [2.24, 2.45) is 0 Å². The van der Waals surface area contributed by atoms with E-state index in [4.69, 9.17) is 19.2 Å². The van der Waals surface area contributed by atoms with Gasteiger partial charge in [-0.1, -0.05) is 0 Å². The number of benzene rings is 2. The number of carbonyl (C=O) groups is 1. The van der Waals surface area contributed by atoms with Gasteiger partial charge in [0.2, 0.25) is 0 Å². The monoisotopic (exact) mass is 628 g/mol. The van der Waals surface area contributed by atoms with E-state index in [9.17, 15) is 23.6 Å². The highest BCUT2D eigenvalue weighted by Crippen LogP contribution is 2.45. The number of aliphatic hydroxyl groups is 2. The minimum absolute atomic E-state index is 0.00522. The van der Waals surface area contributed by atoms with Gasteiger partial charge >= 0.3 is 0 Å². The lowest BCUT2D eigenvalue weighted by Crippen LogP contribution is -2.47. The molecule has 9 nitrogen and oxygen atoms in total. The molecule has 2 heterocycles. The highest BCUT2D eigenvalue weighted by Gasteiger charge is 2.43. The number of Topliss-reactive ketones (excluding diaryl/α,β-unsaturated/α-hetero) is 1. The maximum atomic E-state index is 13.8. The van der Waals surface area contributed by atoms with Crippen molar-refractivity contribution in [3.63, 3.8) is 0 Å². The van der Waals surface area contributed by atoms with Gasteiger partial charge in [-0.25, -0.2) is 18.3 Å². The first-order valence-corrected chi connectivity index (χ1v) is 15.6. The zero-order chi connectivity index (χ0) is 32.4. The molecular weight excluding hydrogens is 587 g/mol. The number of carbonyl (C=O) groups excluding carboxylic acids is 1. The molecule has 2 aromatic carbocycles. The molecule has 0 bridgehead atoms. The Morgan fingerprint density at radius 1 is 1.16 bits per heavy atom. The predicted octanol–water partition coefficient (Wildman–Crippen LogP) is 5.19. The number of aliphatic hydroxyl groups excluding tert-OH is 1. The van der Waals surface area contributed by atoms with Crippen molar-refractivity contribution in [1.82, 2.24) is 9.71 Å². The summed E-state index contributed by atoms with van der Waals surface area (Å²) in [4.78, 5) is 18.0. The van der Waals surface area contributed by atoms with Gasteiger partial charge in [0.15, 0.2) is 23.0 Å². The Hall–Kier alpha value is -3.38. The first-order chi connectivity index (χ1) is 20.5. The first kappa shape index (κ1) is 33.5. The van der Waals surface area contributed by atoms with E-state index in [0.717, 1.165) is 0 Å². The molecule has 0 fully saturated rings. The maximum Gasteiger partial charge on any atom is 0.163 e. The molecule has 1 aliphatic rings. The van der Waals surface area contributed by atoms with E-state index in [1.54, 1.807) is 50.2 Å². The summed E-state index contributed by atoms with van der Waals surface area (Å²) in [5.74, 6) is 0.587. The first-order valence-electron chi connectivity index (χ1n) is 14.4. The second kappa shape index (κ2) is 12.9. The lowest BCUT2D eigenvalue weighted by molar-refractivity contribution is 0.0396. The Kier molecular flexibility index (Phi) is 9.84. The molecule has 238 valence electrons. The van der Waals surface area contributed by atoms with Crippen molar-refractivity contribution >= 4 is 16.8 Å². The van der Waals surface area contributed by atoms with E-state index in [1.807, 2.05) is 27.7 Å². The Morgan fingerprint density at radius 3 is 2.45 bits per heavy atom. The van der Waals surface area contributed by atoms with Crippen LogP contribution in [0.1, 0.15) is 76.0 Å². The van der Waals surface area contributed by atoms with Crippen LogP contribution in [0.2, 0.25) is 0 Å². The fourth-order valence-corrected chi connectivity index (χ4v) is 5.59. The number of pyridine rings is 1. The molecule has 1 aromatic heterocycles. The van der Waals surface area contributed by atoms with Crippen LogP contribution >= 0.6 is 0 Å². The second-order valence-corrected chi connectivity index (χ2v) is 14.5. The Labute approximate surface area is 260 Å². The molecule has 0 radical (unpaired) electrons. The van der Waals surface area contributed by atoms with Gasteiger partial charge in [0.25, 0.3) is 0 Å². The van der Waals surface area contributed by atoms with E-state index in [-0.39, 0.29) is 31.8 Å². The number of hydrogen-bond donors (Lipinski definition) is 3. The number of ketones is 1. The third kappa shape index (κ3) is 7.46. The normalized spacial score (nSPS) is 19.0. The summed E-state index contributed by atoms with van der Waals surface area (Å²) in [6.07, 6.45) is -0.628. The average Bonchev–Trinajstić information content (AvgIpc) is 3.30. The van der Waals surface area contributed by atoms with Crippen LogP contribution in [-0.2, 0) is 22.1 Å². The standard InChI is InChI=1S/C33H41FN2O7S/c1-20(37)18-42-26-13-10-22(16-27(26)41-7)25(38)14-15-33(6,39)28-17-24-30(29(35-28)21-8-11-23(34)12-9-21)43-19-32(24,5)36-44(40)31(2,3)4/h8-13,16-17,20,36-37,39H,14-15,18-19H2,1-7H3. The van der Waals surface area contributed by atoms with E-state index < -0.39 is 38.8 Å². The van der Waals surface area contributed by atoms with Gasteiger partial charge < -0.3 is 24.4 Å². The molecule has 11 heteroatoms. The Balaban J connectivity index is 1.65. The average molecular weight is 629 g/mol. The molecule has 44 heavy (non-hydrogen) atoms. The highest BCUT2D eigenvalue weighted by atomic mass is 32.2. The zero-order valence-electron chi connectivity index (χ0n) is 26.2. The lowest BCUT2D eigenvalue weighted by Gasteiger charge is -2.30. The molecule has 3 N–H and O–H groups in total. The van der Waals surface area contributed by atoms with Crippen LogP contribution in [0.15, 0.2) is 48.5 Å². The van der Waals surface area contributed by atoms with Gasteiger partial charge in [0.05, 0.1) is 40.2 Å². The summed E-state index contributed by atoms with van der Waals surface area (Å²) in [7, 11) is 0.0297. The summed E-state index contributed by atoms with van der Waals surface area (Å²) < 4.78 is 46.6. The van der Waals surface area contributed by atoms with E-state index in [1.165, 1.54) is 19.2 Å². The highest BCUT2D eigenvalue weighted by molar-refractivity contribution is 7.84. The molecule has 4 atom stereocenters. The summed E-state index contributed by atoms with van der Waals surface area (Å²) in [6, 6.07) is 12.3. The smallest absolute Gasteiger partial charge is 0.163 e. The summed E-state index contributed by atoms with van der Waals surface area (Å²) in [5.41, 5.74) is -0.0927. The fourth-order valence-electron chi connectivity index (χ4n) is 4.70. The number of nitrogens with zero attached hydrogens (tertiary/aromatic N) is 1. The van der Waals surface area contributed by atoms with Crippen LogP contribution in [-0.4, -0.2) is 56.4 Å². The lowest BCUT2D eigenvalue weighted by atomic mass is 9.88. The van der Waals surface area contributed by atoms with Gasteiger partial charge in [-0.05, 0) is 96.5 Å². The molecule has 0 saturated carbocycles. The van der Waals surface area contributed by atoms with Crippen LogP contribution in [0.3, 0.4) is 0 Å². The van der Waals surface area contributed by atoms with Crippen molar-refractivity contribution in [2.45, 2.75) is 76.4 Å². The van der Waals surface area contributed by atoms with Crippen LogP contribution in [0.25, 0.3) is 11.3 Å². The fraction of sp³-hybridized carbons (Fsp3) is 0.455. The second-order valence-electron chi connectivity index (χ2n) is 12.6. The third-order valence-corrected chi connectivity index (χ3v) is 9.17. The van der Waals surface area contributed by atoms with Crippen LogP contribution in [0.4, 0.5) is 4.39 Å². The molecular formula is C33H41FN2O7S. The van der Waals surface area contributed by atoms with Crippen molar-refractivity contribution in [3.8, 4) is 28.5 Å². The van der Waals surface area contributed by atoms with Crippen LogP contribution in [0.5, 0.6) is 17.2 Å². The summed E-state index contributed by atoms with van der Waals surface area (Å²) >= 11 is 0. The maximum absolute atomic E-state index is 13.8. The molecule has 1 aliphatic heterocycles. The third-order valence-electron chi connectivity index (χ3n) is 7.42. The minimum atomic E-state index is -1.55. The predicted molar refractivity (Wildman–Crippen MR) is 167 cm³/mol. The number of methoxy groups -OCH3 is 1. The van der Waals surface area contributed by atoms with Gasteiger partial charge in [0, 0.05) is 23.1 Å². The number of rotatable bonds is 12. The molecule has 0 aliphatic carbocycles. The SMILES string of the molecule is COc1cc(C(=O)CCC(C)(O)c2cc3c(c(-c4ccc(F)cc4)n2)OCC3(C)NS(=O)C(C)(C)C)ccc1OCC(C)O. The Bertz CT molecular complexity index is 1540. The number of fused-ring (bicyclic) bond motifs is 1.